The van der Waals surface area contributed by atoms with Crippen LogP contribution in [0.2, 0.25) is 0 Å². The van der Waals surface area contributed by atoms with Crippen molar-refractivity contribution in [2.75, 3.05) is 16.4 Å². The van der Waals surface area contributed by atoms with Gasteiger partial charge in [-0.2, -0.15) is 4.98 Å². The first-order valence-corrected chi connectivity index (χ1v) is 14.8. The molecule has 0 bridgehead atoms. The number of anilines is 3. The Hall–Kier alpha value is -5.86. The number of amides is 2. The van der Waals surface area contributed by atoms with Crippen LogP contribution in [0.25, 0.3) is 11.2 Å². The first kappa shape index (κ1) is 34.0. The summed E-state index contributed by atoms with van der Waals surface area (Å²) in [5, 5.41) is 17.9. The molecule has 0 aliphatic rings. The highest BCUT2D eigenvalue weighted by Gasteiger charge is 2.22. The fraction of sp³-hybridized carbons (Fsp3) is 0.312. The highest BCUT2D eigenvalue weighted by Crippen LogP contribution is 2.16. The number of hydrogen-bond donors (Lipinski definition) is 6. The van der Waals surface area contributed by atoms with Crippen LogP contribution in [0.3, 0.4) is 0 Å². The van der Waals surface area contributed by atoms with Crippen LogP contribution in [0, 0.1) is 0 Å². The highest BCUT2D eigenvalue weighted by molar-refractivity contribution is 5.97. The van der Waals surface area contributed by atoms with Gasteiger partial charge in [0.05, 0.1) is 18.4 Å². The minimum Gasteiger partial charge on any atom is -0.480 e. The van der Waals surface area contributed by atoms with E-state index in [4.69, 9.17) is 10.5 Å². The predicted octanol–water partition coefficient (Wildman–Crippen LogP) is 3.42. The number of ketones is 1. The number of nitrogens with two attached hydrogens (primary N) is 1. The molecule has 1 atom stereocenters. The van der Waals surface area contributed by atoms with Gasteiger partial charge >= 0.3 is 12.1 Å². The largest absolute Gasteiger partial charge is 0.480 e. The number of carbonyl (C=O) groups excluding carboxylic acids is 3. The number of ether oxygens (including phenoxy) is 1. The van der Waals surface area contributed by atoms with Crippen LogP contribution in [0.5, 0.6) is 0 Å². The average Bonchev–Trinajstić information content (AvgIpc) is 3.00. The zero-order chi connectivity index (χ0) is 34.1. The molecular weight excluding hydrogens is 608 g/mol. The van der Waals surface area contributed by atoms with Gasteiger partial charge in [0.2, 0.25) is 5.95 Å². The SMILES string of the molecule is CC(C)(C)OC(=O)Nc1ccc(CCC(=O)CCC(NC(=O)c2ccc(NCc3cnc4nc(N)[nH]c(=O)c4n3)cc2)C(=O)O)cc1. The molecule has 0 saturated heterocycles. The molecule has 0 saturated carbocycles. The Morgan fingerprint density at radius 3 is 2.32 bits per heavy atom. The maximum atomic E-state index is 12.8. The van der Waals surface area contributed by atoms with Crippen LogP contribution in [-0.4, -0.2) is 60.4 Å². The second-order valence-corrected chi connectivity index (χ2v) is 11.7. The summed E-state index contributed by atoms with van der Waals surface area (Å²) >= 11 is 0. The van der Waals surface area contributed by atoms with Gasteiger partial charge in [0.25, 0.3) is 11.5 Å². The smallest absolute Gasteiger partial charge is 0.412 e. The van der Waals surface area contributed by atoms with Crippen molar-refractivity contribution >= 4 is 52.2 Å². The van der Waals surface area contributed by atoms with E-state index >= 15 is 0 Å². The minimum atomic E-state index is -1.25. The lowest BCUT2D eigenvalue weighted by atomic mass is 10.0. The van der Waals surface area contributed by atoms with E-state index in [2.05, 4.69) is 35.9 Å². The Morgan fingerprint density at radius 1 is 0.979 bits per heavy atom. The number of carboxylic acids is 1. The van der Waals surface area contributed by atoms with E-state index < -0.39 is 35.2 Å². The minimum absolute atomic E-state index is 0.0225. The molecule has 4 aromatic rings. The number of nitrogen functional groups attached to an aromatic ring is 1. The summed E-state index contributed by atoms with van der Waals surface area (Å²) in [7, 11) is 0. The van der Waals surface area contributed by atoms with Crippen molar-refractivity contribution in [3.8, 4) is 0 Å². The number of H-pyrrole nitrogens is 1. The molecule has 47 heavy (non-hydrogen) atoms. The van der Waals surface area contributed by atoms with Crippen LogP contribution in [-0.2, 0) is 27.3 Å². The molecule has 2 amide bonds. The molecule has 0 aliphatic heterocycles. The molecule has 1 unspecified atom stereocenters. The van der Waals surface area contributed by atoms with Crippen molar-refractivity contribution in [3.05, 3.63) is 81.9 Å². The molecule has 0 fully saturated rings. The number of aromatic amines is 1. The van der Waals surface area contributed by atoms with E-state index in [9.17, 15) is 29.1 Å². The van der Waals surface area contributed by atoms with Crippen molar-refractivity contribution < 1.29 is 29.0 Å². The van der Waals surface area contributed by atoms with E-state index in [1.165, 1.54) is 18.3 Å². The molecule has 246 valence electrons. The van der Waals surface area contributed by atoms with E-state index in [-0.39, 0.29) is 54.3 Å². The molecule has 2 heterocycles. The normalized spacial score (nSPS) is 11.8. The highest BCUT2D eigenvalue weighted by atomic mass is 16.6. The fourth-order valence-corrected chi connectivity index (χ4v) is 4.38. The van der Waals surface area contributed by atoms with E-state index in [0.717, 1.165) is 5.56 Å². The topological polar surface area (TPSA) is 231 Å². The van der Waals surface area contributed by atoms with Crippen molar-refractivity contribution in [2.24, 2.45) is 0 Å². The zero-order valence-electron chi connectivity index (χ0n) is 26.1. The Bertz CT molecular complexity index is 1820. The first-order chi connectivity index (χ1) is 22.3. The van der Waals surface area contributed by atoms with Crippen molar-refractivity contribution in [1.29, 1.82) is 0 Å². The van der Waals surface area contributed by atoms with E-state index in [1.54, 1.807) is 57.2 Å². The first-order valence-electron chi connectivity index (χ1n) is 14.8. The quantitative estimate of drug-likeness (QED) is 0.123. The molecule has 4 rings (SSSR count). The van der Waals surface area contributed by atoms with Crippen molar-refractivity contribution in [3.63, 3.8) is 0 Å². The average molecular weight is 645 g/mol. The van der Waals surface area contributed by atoms with Gasteiger partial charge in [0.15, 0.2) is 11.2 Å². The molecule has 15 nitrogen and oxygen atoms in total. The molecule has 2 aromatic carbocycles. The third kappa shape index (κ3) is 10.3. The van der Waals surface area contributed by atoms with Crippen LogP contribution >= 0.6 is 0 Å². The number of hydrogen-bond acceptors (Lipinski definition) is 11. The number of carbonyl (C=O) groups is 4. The van der Waals surface area contributed by atoms with Crippen LogP contribution in [0.4, 0.5) is 22.1 Å². The molecule has 0 radical (unpaired) electrons. The Balaban J connectivity index is 1.22. The fourth-order valence-electron chi connectivity index (χ4n) is 4.38. The monoisotopic (exact) mass is 644 g/mol. The van der Waals surface area contributed by atoms with Gasteiger partial charge in [-0.05, 0) is 75.6 Å². The Kier molecular flexibility index (Phi) is 10.8. The maximum absolute atomic E-state index is 12.8. The summed E-state index contributed by atoms with van der Waals surface area (Å²) in [5.74, 6) is -2.03. The summed E-state index contributed by atoms with van der Waals surface area (Å²) < 4.78 is 5.22. The number of carboxylic acid groups (broad SMARTS) is 1. The summed E-state index contributed by atoms with van der Waals surface area (Å²) in [6, 6.07) is 12.1. The predicted molar refractivity (Wildman–Crippen MR) is 174 cm³/mol. The third-order valence-electron chi connectivity index (χ3n) is 6.71. The van der Waals surface area contributed by atoms with E-state index in [0.29, 0.717) is 23.5 Å². The van der Waals surface area contributed by atoms with Crippen LogP contribution < -0.4 is 27.2 Å². The number of aromatic nitrogens is 4. The molecular formula is C32H36N8O7. The van der Waals surface area contributed by atoms with E-state index in [1.807, 2.05) is 0 Å². The summed E-state index contributed by atoms with van der Waals surface area (Å²) in [6.45, 7) is 5.54. The number of nitrogens with one attached hydrogen (secondary N) is 4. The van der Waals surface area contributed by atoms with Gasteiger partial charge in [-0.3, -0.25) is 24.7 Å². The van der Waals surface area contributed by atoms with Gasteiger partial charge in [-0.1, -0.05) is 12.1 Å². The zero-order valence-corrected chi connectivity index (χ0v) is 26.1. The summed E-state index contributed by atoms with van der Waals surface area (Å²) in [5.41, 5.74) is 7.37. The van der Waals surface area contributed by atoms with Gasteiger partial charge in [0.1, 0.15) is 17.4 Å². The van der Waals surface area contributed by atoms with Crippen LogP contribution in [0.1, 0.15) is 61.6 Å². The lowest BCUT2D eigenvalue weighted by Gasteiger charge is -2.19. The lowest BCUT2D eigenvalue weighted by molar-refractivity contribution is -0.139. The number of nitrogens with zero attached hydrogens (tertiary/aromatic N) is 3. The molecule has 2 aromatic heterocycles. The van der Waals surface area contributed by atoms with Crippen molar-refractivity contribution in [1.82, 2.24) is 25.3 Å². The second kappa shape index (κ2) is 14.9. The van der Waals surface area contributed by atoms with Crippen LogP contribution in [0.15, 0.2) is 59.5 Å². The standard InChI is InChI=1S/C32H36N8O7/c1-32(2,3)47-31(46)37-21-9-4-18(5-10-21)6-13-23(41)14-15-24(29(44)45)38-27(42)19-7-11-20(12-8-19)34-16-22-17-35-26-25(36-22)28(43)40-30(33)39-26/h4-5,7-12,17,24,34H,6,13-16H2,1-3H3,(H,37,46)(H,38,42)(H,44,45)(H3,33,35,39,40,43). The molecule has 15 heteroatoms. The molecule has 7 N–H and O–H groups in total. The maximum Gasteiger partial charge on any atom is 0.412 e. The number of aryl methyl sites for hydroxylation is 1. The van der Waals surface area contributed by atoms with Gasteiger partial charge < -0.3 is 26.2 Å². The second-order valence-electron chi connectivity index (χ2n) is 11.7. The Morgan fingerprint density at radius 2 is 1.66 bits per heavy atom. The lowest BCUT2D eigenvalue weighted by Crippen LogP contribution is -2.41. The van der Waals surface area contributed by atoms with Gasteiger partial charge in [0, 0.05) is 29.8 Å². The van der Waals surface area contributed by atoms with Crippen molar-refractivity contribution in [2.45, 2.75) is 64.6 Å². The number of rotatable bonds is 13. The number of fused-ring (bicyclic) bond motifs is 1. The molecule has 0 spiro atoms. The van der Waals surface area contributed by atoms with Gasteiger partial charge in [-0.25, -0.2) is 19.6 Å². The Labute approximate surface area is 269 Å². The number of Topliss-reactive ketones (excluding diaryl/α,β-unsaturated/α-hetero) is 1. The number of benzene rings is 2. The number of aliphatic carboxylic acids is 1. The summed E-state index contributed by atoms with van der Waals surface area (Å²) in [4.78, 5) is 75.8. The molecule has 0 aliphatic carbocycles. The van der Waals surface area contributed by atoms with Gasteiger partial charge in [-0.15, -0.1) is 0 Å². The summed E-state index contributed by atoms with van der Waals surface area (Å²) in [6.07, 6.45) is 1.45. The third-order valence-corrected chi connectivity index (χ3v) is 6.71.